The van der Waals surface area contributed by atoms with Crippen molar-refractivity contribution in [2.45, 2.75) is 18.9 Å². The van der Waals surface area contributed by atoms with Gasteiger partial charge in [-0.15, -0.1) is 0 Å². The third-order valence-corrected chi connectivity index (χ3v) is 4.35. The number of aryl methyl sites for hydroxylation is 2. The molecule has 96 valence electrons. The molecule has 0 spiro atoms. The Hall–Kier alpha value is -1.09. The topological polar surface area (TPSA) is 74.8 Å². The number of halogens is 1. The first-order chi connectivity index (χ1) is 8.38. The first-order valence-corrected chi connectivity index (χ1v) is 7.75. The quantitative estimate of drug-likeness (QED) is 0.807. The molecule has 5 nitrogen and oxygen atoms in total. The van der Waals surface area contributed by atoms with E-state index in [-0.39, 0.29) is 5.03 Å². The van der Waals surface area contributed by atoms with Crippen molar-refractivity contribution >= 4 is 38.3 Å². The zero-order valence-electron chi connectivity index (χ0n) is 9.86. The Balaban J connectivity index is 2.33. The Morgan fingerprint density at radius 3 is 2.61 bits per heavy atom. The van der Waals surface area contributed by atoms with Gasteiger partial charge in [0.15, 0.2) is 5.03 Å². The van der Waals surface area contributed by atoms with Crippen LogP contribution in [0.5, 0.6) is 0 Å². The minimum atomic E-state index is -3.60. The van der Waals surface area contributed by atoms with Crippen LogP contribution in [-0.2, 0) is 10.0 Å². The summed E-state index contributed by atoms with van der Waals surface area (Å²) in [6.45, 7) is 3.56. The van der Waals surface area contributed by atoms with Crippen LogP contribution in [0, 0.1) is 17.4 Å². The lowest BCUT2D eigenvalue weighted by molar-refractivity contribution is 0.598. The highest BCUT2D eigenvalue weighted by atomic mass is 127. The molecule has 0 saturated carbocycles. The number of aromatic nitrogens is 2. The van der Waals surface area contributed by atoms with Crippen molar-refractivity contribution in [2.75, 3.05) is 4.72 Å². The summed E-state index contributed by atoms with van der Waals surface area (Å²) >= 11 is 2.18. The van der Waals surface area contributed by atoms with E-state index in [0.29, 0.717) is 11.5 Å². The molecule has 0 radical (unpaired) electrons. The summed E-state index contributed by atoms with van der Waals surface area (Å²) in [4.78, 5) is 6.59. The van der Waals surface area contributed by atoms with Gasteiger partial charge < -0.3 is 4.98 Å². The fourth-order valence-electron chi connectivity index (χ4n) is 1.48. The van der Waals surface area contributed by atoms with E-state index in [1.807, 2.05) is 19.1 Å². The van der Waals surface area contributed by atoms with Gasteiger partial charge in [-0.05, 0) is 60.2 Å². The number of benzene rings is 1. The van der Waals surface area contributed by atoms with Crippen molar-refractivity contribution < 1.29 is 8.42 Å². The number of rotatable bonds is 3. The maximum Gasteiger partial charge on any atom is 0.278 e. The van der Waals surface area contributed by atoms with E-state index in [4.69, 9.17) is 0 Å². The zero-order valence-corrected chi connectivity index (χ0v) is 12.8. The van der Waals surface area contributed by atoms with Crippen LogP contribution in [0.15, 0.2) is 29.4 Å². The standard InChI is InChI=1S/C11H12IN3O2S/c1-7-5-9(12)3-4-10(7)15-18(16,17)11-6-13-8(2)14-11/h3-6,15H,1-2H3,(H,13,14). The Kier molecular flexibility index (Phi) is 3.62. The second-order valence-corrected chi connectivity index (χ2v) is 6.79. The van der Waals surface area contributed by atoms with Crippen LogP contribution in [0.1, 0.15) is 11.4 Å². The Morgan fingerprint density at radius 2 is 2.06 bits per heavy atom. The summed E-state index contributed by atoms with van der Waals surface area (Å²) in [6, 6.07) is 5.51. The molecular formula is C11H12IN3O2S. The molecule has 7 heteroatoms. The summed E-state index contributed by atoms with van der Waals surface area (Å²) in [5.41, 5.74) is 1.45. The van der Waals surface area contributed by atoms with Gasteiger partial charge in [-0.25, -0.2) is 4.98 Å². The molecule has 2 N–H and O–H groups in total. The van der Waals surface area contributed by atoms with E-state index in [2.05, 4.69) is 37.3 Å². The molecule has 0 aliphatic carbocycles. The van der Waals surface area contributed by atoms with Gasteiger partial charge in [0, 0.05) is 3.57 Å². The summed E-state index contributed by atoms with van der Waals surface area (Å²) in [6.07, 6.45) is 1.31. The van der Waals surface area contributed by atoms with Crippen molar-refractivity contribution in [3.8, 4) is 0 Å². The van der Waals surface area contributed by atoms with Crippen molar-refractivity contribution in [2.24, 2.45) is 0 Å². The largest absolute Gasteiger partial charge is 0.332 e. The average molecular weight is 377 g/mol. The molecule has 1 aromatic carbocycles. The fourth-order valence-corrected chi connectivity index (χ4v) is 3.23. The van der Waals surface area contributed by atoms with Crippen LogP contribution in [0.4, 0.5) is 5.69 Å². The number of sulfonamides is 1. The van der Waals surface area contributed by atoms with Gasteiger partial charge in [-0.2, -0.15) is 8.42 Å². The van der Waals surface area contributed by atoms with Gasteiger partial charge in [0.1, 0.15) is 5.82 Å². The normalized spacial score (nSPS) is 11.5. The van der Waals surface area contributed by atoms with Crippen LogP contribution in [0.2, 0.25) is 0 Å². The predicted octanol–water partition coefficient (Wildman–Crippen LogP) is 2.43. The molecule has 2 rings (SSSR count). The lowest BCUT2D eigenvalue weighted by Crippen LogP contribution is -2.14. The molecule has 0 atom stereocenters. The van der Waals surface area contributed by atoms with E-state index >= 15 is 0 Å². The lowest BCUT2D eigenvalue weighted by atomic mass is 10.2. The van der Waals surface area contributed by atoms with E-state index < -0.39 is 10.0 Å². The molecule has 1 heterocycles. The molecule has 0 unspecified atom stereocenters. The molecule has 18 heavy (non-hydrogen) atoms. The number of imidazole rings is 1. The number of hydrogen-bond donors (Lipinski definition) is 2. The van der Waals surface area contributed by atoms with Crippen molar-refractivity contribution in [1.82, 2.24) is 9.97 Å². The predicted molar refractivity (Wildman–Crippen MR) is 78.0 cm³/mol. The number of anilines is 1. The maximum atomic E-state index is 12.1. The Morgan fingerprint density at radius 1 is 1.33 bits per heavy atom. The van der Waals surface area contributed by atoms with Crippen LogP contribution < -0.4 is 4.72 Å². The molecule has 0 saturated heterocycles. The van der Waals surface area contributed by atoms with Crippen LogP contribution in [0.25, 0.3) is 0 Å². The van der Waals surface area contributed by atoms with E-state index in [9.17, 15) is 8.42 Å². The van der Waals surface area contributed by atoms with Gasteiger partial charge >= 0.3 is 0 Å². The molecule has 0 bridgehead atoms. The molecule has 0 amide bonds. The molecule has 0 aliphatic rings. The van der Waals surface area contributed by atoms with E-state index in [0.717, 1.165) is 9.13 Å². The molecule has 0 aliphatic heterocycles. The second-order valence-electron chi connectivity index (χ2n) is 3.90. The summed E-state index contributed by atoms with van der Waals surface area (Å²) in [5, 5.41) is 0.0675. The third-order valence-electron chi connectivity index (χ3n) is 2.40. The minimum absolute atomic E-state index is 0.0675. The SMILES string of the molecule is Cc1ncc(S(=O)(=O)Nc2ccc(I)cc2C)[nH]1. The first kappa shape index (κ1) is 13.3. The monoisotopic (exact) mass is 377 g/mol. The number of H-pyrrole nitrogens is 1. The Labute approximate surface area is 119 Å². The van der Waals surface area contributed by atoms with Gasteiger partial charge in [0.25, 0.3) is 10.0 Å². The molecule has 0 fully saturated rings. The van der Waals surface area contributed by atoms with Gasteiger partial charge in [0.05, 0.1) is 11.9 Å². The van der Waals surface area contributed by atoms with Crippen LogP contribution >= 0.6 is 22.6 Å². The van der Waals surface area contributed by atoms with Crippen molar-refractivity contribution in [1.29, 1.82) is 0 Å². The highest BCUT2D eigenvalue weighted by molar-refractivity contribution is 14.1. The van der Waals surface area contributed by atoms with Crippen molar-refractivity contribution in [3.05, 3.63) is 39.4 Å². The smallest absolute Gasteiger partial charge is 0.278 e. The molecular weight excluding hydrogens is 365 g/mol. The van der Waals surface area contributed by atoms with E-state index in [1.165, 1.54) is 6.20 Å². The molecule has 2 aromatic rings. The Bertz CT molecular complexity index is 679. The fraction of sp³-hybridized carbons (Fsp3) is 0.182. The second kappa shape index (κ2) is 4.88. The number of nitrogens with one attached hydrogen (secondary N) is 2. The highest BCUT2D eigenvalue weighted by Crippen LogP contribution is 2.20. The van der Waals surface area contributed by atoms with Gasteiger partial charge in [-0.3, -0.25) is 4.72 Å². The van der Waals surface area contributed by atoms with Gasteiger partial charge in [-0.1, -0.05) is 0 Å². The first-order valence-electron chi connectivity index (χ1n) is 5.19. The van der Waals surface area contributed by atoms with Gasteiger partial charge in [0.2, 0.25) is 0 Å². The van der Waals surface area contributed by atoms with Crippen LogP contribution in [-0.4, -0.2) is 18.4 Å². The summed E-state index contributed by atoms with van der Waals surface area (Å²) in [7, 11) is -3.60. The lowest BCUT2D eigenvalue weighted by Gasteiger charge is -2.09. The zero-order chi connectivity index (χ0) is 13.3. The minimum Gasteiger partial charge on any atom is -0.332 e. The maximum absolute atomic E-state index is 12.1. The average Bonchev–Trinajstić information content (AvgIpc) is 2.70. The highest BCUT2D eigenvalue weighted by Gasteiger charge is 2.17. The summed E-state index contributed by atoms with van der Waals surface area (Å²) < 4.78 is 27.7. The van der Waals surface area contributed by atoms with Crippen LogP contribution in [0.3, 0.4) is 0 Å². The summed E-state index contributed by atoms with van der Waals surface area (Å²) in [5.74, 6) is 0.565. The van der Waals surface area contributed by atoms with E-state index in [1.54, 1.807) is 13.0 Å². The number of aromatic amines is 1. The third kappa shape index (κ3) is 2.83. The number of nitrogens with zero attached hydrogens (tertiary/aromatic N) is 1. The number of hydrogen-bond acceptors (Lipinski definition) is 3. The molecule has 1 aromatic heterocycles. The van der Waals surface area contributed by atoms with Crippen molar-refractivity contribution in [3.63, 3.8) is 0 Å².